The van der Waals surface area contributed by atoms with Crippen LogP contribution in [0, 0.1) is 11.8 Å². The van der Waals surface area contributed by atoms with Crippen LogP contribution in [0.15, 0.2) is 28.7 Å². The monoisotopic (exact) mass is 368 g/mol. The highest BCUT2D eigenvalue weighted by molar-refractivity contribution is 9.10. The summed E-state index contributed by atoms with van der Waals surface area (Å²) < 4.78 is 0.775. The predicted octanol–water partition coefficient (Wildman–Crippen LogP) is 1.59. The maximum absolute atomic E-state index is 12.3. The molecule has 7 heteroatoms. The second-order valence-corrected chi connectivity index (χ2v) is 6.36. The van der Waals surface area contributed by atoms with Crippen molar-refractivity contribution < 1.29 is 19.5 Å². The summed E-state index contributed by atoms with van der Waals surface area (Å²) in [5.41, 5.74) is 5.96. The van der Waals surface area contributed by atoms with Gasteiger partial charge >= 0.3 is 5.97 Å². The van der Waals surface area contributed by atoms with Crippen molar-refractivity contribution in [3.8, 4) is 0 Å². The Kier molecular flexibility index (Phi) is 5.18. The van der Waals surface area contributed by atoms with Crippen molar-refractivity contribution in [2.75, 3.05) is 0 Å². The van der Waals surface area contributed by atoms with Crippen LogP contribution in [0.5, 0.6) is 0 Å². The highest BCUT2D eigenvalue weighted by Crippen LogP contribution is 2.31. The third kappa shape index (κ3) is 3.85. The number of carboxylic acid groups (broad SMARTS) is 1. The topological polar surface area (TPSA) is 109 Å². The van der Waals surface area contributed by atoms with Crippen molar-refractivity contribution in [2.45, 2.75) is 25.3 Å². The van der Waals surface area contributed by atoms with E-state index in [0.29, 0.717) is 24.8 Å². The van der Waals surface area contributed by atoms with E-state index in [1.165, 1.54) is 0 Å². The first-order chi connectivity index (χ1) is 10.4. The lowest BCUT2D eigenvalue weighted by molar-refractivity contribution is -0.141. The number of benzene rings is 1. The molecule has 0 aliphatic heterocycles. The van der Waals surface area contributed by atoms with Gasteiger partial charge in [0.05, 0.1) is 5.92 Å². The molecule has 0 bridgehead atoms. The van der Waals surface area contributed by atoms with Gasteiger partial charge in [0.2, 0.25) is 11.8 Å². The number of nitrogens with one attached hydrogen (secondary N) is 1. The van der Waals surface area contributed by atoms with Crippen molar-refractivity contribution in [2.24, 2.45) is 17.6 Å². The fraction of sp³-hybridized carbons (Fsp3) is 0.400. The third-order valence-electron chi connectivity index (χ3n) is 3.91. The van der Waals surface area contributed by atoms with E-state index in [2.05, 4.69) is 21.2 Å². The Labute approximate surface area is 136 Å². The predicted molar refractivity (Wildman–Crippen MR) is 82.7 cm³/mol. The van der Waals surface area contributed by atoms with E-state index >= 15 is 0 Å². The number of carboxylic acids is 1. The molecule has 1 unspecified atom stereocenters. The van der Waals surface area contributed by atoms with E-state index in [0.717, 1.165) is 4.47 Å². The van der Waals surface area contributed by atoms with Gasteiger partial charge in [-0.05, 0) is 37.0 Å². The molecular formula is C15H17BrN2O4. The van der Waals surface area contributed by atoms with Gasteiger partial charge in [-0.2, -0.15) is 0 Å². The summed E-state index contributed by atoms with van der Waals surface area (Å²) in [6.45, 7) is 0. The van der Waals surface area contributed by atoms with Crippen LogP contribution in [-0.2, 0) is 14.4 Å². The van der Waals surface area contributed by atoms with Gasteiger partial charge in [-0.3, -0.25) is 14.4 Å². The Balaban J connectivity index is 2.07. The zero-order valence-corrected chi connectivity index (χ0v) is 13.4. The Morgan fingerprint density at radius 3 is 2.50 bits per heavy atom. The second-order valence-electron chi connectivity index (χ2n) is 5.44. The quantitative estimate of drug-likeness (QED) is 0.732. The highest BCUT2D eigenvalue weighted by atomic mass is 79.9. The Morgan fingerprint density at radius 2 is 1.95 bits per heavy atom. The maximum atomic E-state index is 12.3. The Morgan fingerprint density at radius 1 is 1.27 bits per heavy atom. The minimum atomic E-state index is -0.922. The van der Waals surface area contributed by atoms with E-state index < -0.39 is 29.8 Å². The third-order valence-corrected chi connectivity index (χ3v) is 4.40. The maximum Gasteiger partial charge on any atom is 0.306 e. The number of hydrogen-bond acceptors (Lipinski definition) is 3. The molecular weight excluding hydrogens is 352 g/mol. The fourth-order valence-corrected chi connectivity index (χ4v) is 3.13. The molecule has 1 saturated carbocycles. The first-order valence-electron chi connectivity index (χ1n) is 6.96. The van der Waals surface area contributed by atoms with E-state index in [4.69, 9.17) is 10.8 Å². The first kappa shape index (κ1) is 16.5. The summed E-state index contributed by atoms with van der Waals surface area (Å²) in [6.07, 6.45) is 1.28. The van der Waals surface area contributed by atoms with Crippen LogP contribution in [0.1, 0.15) is 30.9 Å². The minimum Gasteiger partial charge on any atom is -0.481 e. The SMILES string of the molecule is NC(=O)C(NC(=O)[C@@H]1CC[C@H](C(=O)O)C1)c1cccc(Br)c1. The molecule has 1 aromatic carbocycles. The molecule has 3 atom stereocenters. The number of rotatable bonds is 5. The number of carbonyl (C=O) groups excluding carboxylic acids is 2. The van der Waals surface area contributed by atoms with Crippen molar-refractivity contribution in [1.29, 1.82) is 0 Å². The van der Waals surface area contributed by atoms with Crippen molar-refractivity contribution in [3.05, 3.63) is 34.3 Å². The number of primary amides is 1. The van der Waals surface area contributed by atoms with Gasteiger partial charge in [0.25, 0.3) is 0 Å². The van der Waals surface area contributed by atoms with Gasteiger partial charge in [-0.25, -0.2) is 0 Å². The molecule has 2 rings (SSSR count). The van der Waals surface area contributed by atoms with Gasteiger partial charge in [0, 0.05) is 10.4 Å². The number of aliphatic carboxylic acids is 1. The normalized spacial score (nSPS) is 22.0. The number of hydrogen-bond donors (Lipinski definition) is 3. The number of carbonyl (C=O) groups is 3. The van der Waals surface area contributed by atoms with Crippen molar-refractivity contribution in [3.63, 3.8) is 0 Å². The van der Waals surface area contributed by atoms with Gasteiger partial charge in [0.1, 0.15) is 6.04 Å². The van der Waals surface area contributed by atoms with E-state index in [9.17, 15) is 14.4 Å². The van der Waals surface area contributed by atoms with Gasteiger partial charge in [0.15, 0.2) is 0 Å². The molecule has 0 spiro atoms. The molecule has 118 valence electrons. The molecule has 4 N–H and O–H groups in total. The smallest absolute Gasteiger partial charge is 0.306 e. The van der Waals surface area contributed by atoms with Crippen LogP contribution in [0.3, 0.4) is 0 Å². The lowest BCUT2D eigenvalue weighted by atomic mass is 10.0. The molecule has 0 aromatic heterocycles. The molecule has 2 amide bonds. The largest absolute Gasteiger partial charge is 0.481 e. The molecule has 0 radical (unpaired) electrons. The summed E-state index contributed by atoms with van der Waals surface area (Å²) >= 11 is 3.31. The van der Waals surface area contributed by atoms with Crippen molar-refractivity contribution >= 4 is 33.7 Å². The number of halogens is 1. The lowest BCUT2D eigenvalue weighted by Gasteiger charge is -2.18. The molecule has 0 heterocycles. The summed E-state index contributed by atoms with van der Waals surface area (Å²) in [7, 11) is 0. The average Bonchev–Trinajstić information content (AvgIpc) is 2.94. The van der Waals surface area contributed by atoms with Gasteiger partial charge < -0.3 is 16.2 Å². The highest BCUT2D eigenvalue weighted by Gasteiger charge is 2.35. The van der Waals surface area contributed by atoms with Gasteiger partial charge in [-0.15, -0.1) is 0 Å². The lowest BCUT2D eigenvalue weighted by Crippen LogP contribution is -2.40. The van der Waals surface area contributed by atoms with Crippen LogP contribution in [-0.4, -0.2) is 22.9 Å². The zero-order chi connectivity index (χ0) is 16.3. The van der Waals surface area contributed by atoms with Crippen LogP contribution in [0.2, 0.25) is 0 Å². The first-order valence-corrected chi connectivity index (χ1v) is 7.75. The summed E-state index contributed by atoms with van der Waals surface area (Å²) in [4.78, 5) is 34.8. The molecule has 6 nitrogen and oxygen atoms in total. The van der Waals surface area contributed by atoms with E-state index in [-0.39, 0.29) is 5.91 Å². The van der Waals surface area contributed by atoms with Gasteiger partial charge in [-0.1, -0.05) is 28.1 Å². The minimum absolute atomic E-state index is 0.297. The van der Waals surface area contributed by atoms with E-state index in [1.54, 1.807) is 24.3 Å². The molecule has 1 fully saturated rings. The zero-order valence-electron chi connectivity index (χ0n) is 11.8. The van der Waals surface area contributed by atoms with Crippen LogP contribution >= 0.6 is 15.9 Å². The average molecular weight is 369 g/mol. The van der Waals surface area contributed by atoms with Crippen LogP contribution < -0.4 is 11.1 Å². The van der Waals surface area contributed by atoms with E-state index in [1.807, 2.05) is 0 Å². The molecule has 1 aliphatic carbocycles. The Hall–Kier alpha value is -1.89. The number of amides is 2. The Bertz CT molecular complexity index is 605. The molecule has 22 heavy (non-hydrogen) atoms. The number of nitrogens with two attached hydrogens (primary N) is 1. The van der Waals surface area contributed by atoms with Crippen LogP contribution in [0.4, 0.5) is 0 Å². The molecule has 1 aromatic rings. The molecule has 0 saturated heterocycles. The fourth-order valence-electron chi connectivity index (χ4n) is 2.71. The van der Waals surface area contributed by atoms with Crippen molar-refractivity contribution in [1.82, 2.24) is 5.32 Å². The standard InChI is InChI=1S/C15H17BrN2O4/c16-11-3-1-2-8(7-11)12(13(17)19)18-14(20)9-4-5-10(6-9)15(21)22/h1-3,7,9-10,12H,4-6H2,(H2,17,19)(H,18,20)(H,21,22)/t9-,10+,12?/m1/s1. The summed E-state index contributed by atoms with van der Waals surface area (Å²) in [5, 5.41) is 11.6. The summed E-state index contributed by atoms with van der Waals surface area (Å²) in [5.74, 6) is -2.75. The summed E-state index contributed by atoms with van der Waals surface area (Å²) in [6, 6.07) is 6.04. The van der Waals surface area contributed by atoms with Crippen LogP contribution in [0.25, 0.3) is 0 Å². The second kappa shape index (κ2) is 6.91. The molecule has 1 aliphatic rings.